The molecule has 0 spiro atoms. The summed E-state index contributed by atoms with van der Waals surface area (Å²) in [5.41, 5.74) is 0. The average Bonchev–Trinajstić information content (AvgIpc) is 2.91. The van der Waals surface area contributed by atoms with E-state index in [1.54, 1.807) is 12.4 Å². The standard InChI is InChI=1S/C11H20N4O2S/c1-2-10(11-12-6-7-13-11)14-18(16,17)15-8-4-3-5-9-15/h6-7,10,14H,2-5,8-9H2,1H3,(H,12,13). The Balaban J connectivity index is 2.06. The van der Waals surface area contributed by atoms with Gasteiger partial charge in [-0.15, -0.1) is 0 Å². The van der Waals surface area contributed by atoms with Gasteiger partial charge in [0.1, 0.15) is 5.82 Å². The highest BCUT2D eigenvalue weighted by molar-refractivity contribution is 7.87. The highest BCUT2D eigenvalue weighted by atomic mass is 32.2. The minimum Gasteiger partial charge on any atom is -0.347 e. The Morgan fingerprint density at radius 1 is 1.44 bits per heavy atom. The van der Waals surface area contributed by atoms with Crippen molar-refractivity contribution in [3.63, 3.8) is 0 Å². The van der Waals surface area contributed by atoms with Gasteiger partial charge in [-0.05, 0) is 19.3 Å². The normalized spacial score (nSPS) is 19.8. The first-order chi connectivity index (χ1) is 8.63. The van der Waals surface area contributed by atoms with E-state index in [0.29, 0.717) is 25.3 Å². The molecule has 1 unspecified atom stereocenters. The van der Waals surface area contributed by atoms with Gasteiger partial charge in [0.2, 0.25) is 0 Å². The molecule has 2 N–H and O–H groups in total. The molecule has 7 heteroatoms. The quantitative estimate of drug-likeness (QED) is 0.845. The van der Waals surface area contributed by atoms with Gasteiger partial charge in [0, 0.05) is 25.5 Å². The van der Waals surface area contributed by atoms with Crippen LogP contribution in [0.15, 0.2) is 12.4 Å². The summed E-state index contributed by atoms with van der Waals surface area (Å²) in [4.78, 5) is 7.07. The van der Waals surface area contributed by atoms with Gasteiger partial charge < -0.3 is 4.98 Å². The first-order valence-electron chi connectivity index (χ1n) is 6.40. The number of hydrogen-bond donors (Lipinski definition) is 2. The lowest BCUT2D eigenvalue weighted by Crippen LogP contribution is -2.44. The van der Waals surface area contributed by atoms with Crippen molar-refractivity contribution >= 4 is 10.2 Å². The summed E-state index contributed by atoms with van der Waals surface area (Å²) >= 11 is 0. The minimum atomic E-state index is -3.40. The Bertz CT molecular complexity index is 451. The molecule has 0 amide bonds. The molecule has 102 valence electrons. The molecule has 1 aromatic rings. The molecule has 0 bridgehead atoms. The fourth-order valence-electron chi connectivity index (χ4n) is 2.16. The van der Waals surface area contributed by atoms with Crippen LogP contribution in [0.5, 0.6) is 0 Å². The number of hydrogen-bond acceptors (Lipinski definition) is 3. The van der Waals surface area contributed by atoms with Gasteiger partial charge in [-0.1, -0.05) is 13.3 Å². The van der Waals surface area contributed by atoms with Crippen molar-refractivity contribution in [2.24, 2.45) is 0 Å². The van der Waals surface area contributed by atoms with E-state index in [4.69, 9.17) is 0 Å². The van der Waals surface area contributed by atoms with Crippen molar-refractivity contribution in [2.75, 3.05) is 13.1 Å². The van der Waals surface area contributed by atoms with Crippen LogP contribution in [0.4, 0.5) is 0 Å². The van der Waals surface area contributed by atoms with Crippen molar-refractivity contribution in [2.45, 2.75) is 38.6 Å². The molecule has 1 fully saturated rings. The maximum atomic E-state index is 12.2. The second-order valence-electron chi connectivity index (χ2n) is 4.52. The molecular formula is C11H20N4O2S. The maximum absolute atomic E-state index is 12.2. The summed E-state index contributed by atoms with van der Waals surface area (Å²) in [6, 6.07) is -0.285. The predicted octanol–water partition coefficient (Wildman–Crippen LogP) is 1.18. The molecule has 0 radical (unpaired) electrons. The van der Waals surface area contributed by atoms with Gasteiger partial charge in [-0.25, -0.2) is 4.98 Å². The zero-order valence-electron chi connectivity index (χ0n) is 10.6. The maximum Gasteiger partial charge on any atom is 0.280 e. The summed E-state index contributed by atoms with van der Waals surface area (Å²) in [6.07, 6.45) is 7.00. The molecule has 1 aliphatic rings. The topological polar surface area (TPSA) is 78.1 Å². The number of H-pyrrole nitrogens is 1. The van der Waals surface area contributed by atoms with Crippen LogP contribution in [-0.2, 0) is 10.2 Å². The number of rotatable bonds is 5. The lowest BCUT2D eigenvalue weighted by atomic mass is 10.2. The number of aromatic nitrogens is 2. The molecule has 18 heavy (non-hydrogen) atoms. The molecular weight excluding hydrogens is 252 g/mol. The second kappa shape index (κ2) is 5.81. The van der Waals surface area contributed by atoms with Crippen molar-refractivity contribution in [3.05, 3.63) is 18.2 Å². The largest absolute Gasteiger partial charge is 0.347 e. The van der Waals surface area contributed by atoms with Crippen LogP contribution in [0.3, 0.4) is 0 Å². The van der Waals surface area contributed by atoms with Gasteiger partial charge >= 0.3 is 0 Å². The second-order valence-corrected chi connectivity index (χ2v) is 6.22. The molecule has 2 heterocycles. The molecule has 0 aromatic carbocycles. The Hall–Kier alpha value is -0.920. The first-order valence-corrected chi connectivity index (χ1v) is 7.84. The lowest BCUT2D eigenvalue weighted by molar-refractivity contribution is 0.337. The molecule has 6 nitrogen and oxygen atoms in total. The molecule has 1 aliphatic heterocycles. The van der Waals surface area contributed by atoms with E-state index in [1.807, 2.05) is 6.92 Å². The van der Waals surface area contributed by atoms with Gasteiger partial charge in [0.15, 0.2) is 0 Å². The van der Waals surface area contributed by atoms with Gasteiger partial charge in [0.05, 0.1) is 6.04 Å². The van der Waals surface area contributed by atoms with E-state index in [0.717, 1.165) is 19.3 Å². The number of imidazole rings is 1. The van der Waals surface area contributed by atoms with Crippen molar-refractivity contribution in [3.8, 4) is 0 Å². The third kappa shape index (κ3) is 3.09. The summed E-state index contributed by atoms with van der Waals surface area (Å²) < 4.78 is 28.7. The zero-order valence-corrected chi connectivity index (χ0v) is 11.4. The van der Waals surface area contributed by atoms with E-state index < -0.39 is 10.2 Å². The Morgan fingerprint density at radius 2 is 2.17 bits per heavy atom. The van der Waals surface area contributed by atoms with Crippen molar-refractivity contribution in [1.29, 1.82) is 0 Å². The van der Waals surface area contributed by atoms with Crippen LogP contribution in [0.2, 0.25) is 0 Å². The molecule has 0 aliphatic carbocycles. The Morgan fingerprint density at radius 3 is 2.72 bits per heavy atom. The lowest BCUT2D eigenvalue weighted by Gasteiger charge is -2.27. The fourth-order valence-corrected chi connectivity index (χ4v) is 3.69. The van der Waals surface area contributed by atoms with Crippen LogP contribution in [0.1, 0.15) is 44.5 Å². The molecule has 0 saturated carbocycles. The highest BCUT2D eigenvalue weighted by Crippen LogP contribution is 2.17. The van der Waals surface area contributed by atoms with E-state index in [1.165, 1.54) is 4.31 Å². The van der Waals surface area contributed by atoms with Crippen LogP contribution in [0, 0.1) is 0 Å². The zero-order chi connectivity index (χ0) is 13.0. The fraction of sp³-hybridized carbons (Fsp3) is 0.727. The van der Waals surface area contributed by atoms with E-state index in [2.05, 4.69) is 14.7 Å². The number of aromatic amines is 1. The van der Waals surface area contributed by atoms with Gasteiger partial charge in [-0.2, -0.15) is 17.4 Å². The minimum absolute atomic E-state index is 0.285. The molecule has 1 atom stereocenters. The van der Waals surface area contributed by atoms with Crippen LogP contribution < -0.4 is 4.72 Å². The van der Waals surface area contributed by atoms with E-state index in [-0.39, 0.29) is 6.04 Å². The number of nitrogens with one attached hydrogen (secondary N) is 2. The predicted molar refractivity (Wildman–Crippen MR) is 69.1 cm³/mol. The van der Waals surface area contributed by atoms with E-state index in [9.17, 15) is 8.42 Å². The van der Waals surface area contributed by atoms with Crippen LogP contribution in [-0.4, -0.2) is 35.8 Å². The van der Waals surface area contributed by atoms with Gasteiger partial charge in [0.25, 0.3) is 10.2 Å². The monoisotopic (exact) mass is 272 g/mol. The Kier molecular flexibility index (Phi) is 4.36. The molecule has 2 rings (SSSR count). The van der Waals surface area contributed by atoms with Crippen LogP contribution >= 0.6 is 0 Å². The SMILES string of the molecule is CCC(NS(=O)(=O)N1CCCCC1)c1ncc[nH]1. The van der Waals surface area contributed by atoms with E-state index >= 15 is 0 Å². The van der Waals surface area contributed by atoms with Gasteiger partial charge in [-0.3, -0.25) is 0 Å². The average molecular weight is 272 g/mol. The third-order valence-corrected chi connectivity index (χ3v) is 4.83. The Labute approximate surface area is 108 Å². The highest BCUT2D eigenvalue weighted by Gasteiger charge is 2.27. The summed E-state index contributed by atoms with van der Waals surface area (Å²) in [6.45, 7) is 3.17. The summed E-state index contributed by atoms with van der Waals surface area (Å²) in [5.74, 6) is 0.665. The van der Waals surface area contributed by atoms with Crippen molar-refractivity contribution < 1.29 is 8.42 Å². The van der Waals surface area contributed by atoms with Crippen molar-refractivity contribution in [1.82, 2.24) is 19.0 Å². The summed E-state index contributed by atoms with van der Waals surface area (Å²) in [5, 5.41) is 0. The molecule has 1 saturated heterocycles. The smallest absolute Gasteiger partial charge is 0.280 e. The number of piperidine rings is 1. The summed E-state index contributed by atoms with van der Waals surface area (Å²) in [7, 11) is -3.40. The molecule has 1 aromatic heterocycles. The third-order valence-electron chi connectivity index (χ3n) is 3.20. The first kappa shape index (κ1) is 13.5. The van der Waals surface area contributed by atoms with Crippen LogP contribution in [0.25, 0.3) is 0 Å². The number of nitrogens with zero attached hydrogens (tertiary/aromatic N) is 2.